The van der Waals surface area contributed by atoms with E-state index in [2.05, 4.69) is 0 Å². The zero-order chi connectivity index (χ0) is 14.1. The highest BCUT2D eigenvalue weighted by atomic mass is 35.5. The maximum Gasteiger partial charge on any atom is 0.398 e. The Morgan fingerprint density at radius 1 is 0.941 bits per heavy atom. The third-order valence-corrected chi connectivity index (χ3v) is 5.33. The average Bonchev–Trinajstić information content (AvgIpc) is 2.34. The fraction of sp³-hybridized carbons (Fsp3) is 1.00. The maximum atomic E-state index is 13.0. The predicted molar refractivity (Wildman–Crippen MR) is 51.9 cm³/mol. The van der Waals surface area contributed by atoms with Crippen LogP contribution in [0.1, 0.15) is 20.8 Å². The van der Waals surface area contributed by atoms with Gasteiger partial charge in [-0.05, 0) is 0 Å². The van der Waals surface area contributed by atoms with E-state index >= 15 is 0 Å². The first kappa shape index (κ1) is 15.2. The van der Waals surface area contributed by atoms with E-state index in [1.807, 2.05) is 0 Å². The molecule has 1 saturated carbocycles. The molecule has 0 aromatic carbocycles. The second-order valence-corrected chi connectivity index (χ2v) is 6.10. The van der Waals surface area contributed by atoms with Crippen molar-refractivity contribution >= 4 is 23.2 Å². The van der Waals surface area contributed by atoms with Gasteiger partial charge in [-0.2, -0.15) is 26.3 Å². The van der Waals surface area contributed by atoms with Crippen molar-refractivity contribution in [2.75, 3.05) is 0 Å². The van der Waals surface area contributed by atoms with Crippen LogP contribution in [0.3, 0.4) is 0 Å². The second-order valence-electron chi connectivity index (χ2n) is 4.77. The fourth-order valence-electron chi connectivity index (χ4n) is 2.64. The summed E-state index contributed by atoms with van der Waals surface area (Å²) in [4.78, 5) is 0. The quantitative estimate of drug-likeness (QED) is 0.475. The molecule has 0 aromatic rings. The number of alkyl halides is 8. The molecule has 0 N–H and O–H groups in total. The van der Waals surface area contributed by atoms with Crippen molar-refractivity contribution in [1.82, 2.24) is 0 Å². The van der Waals surface area contributed by atoms with Gasteiger partial charge in [-0.1, -0.05) is 44.0 Å². The zero-order valence-electron chi connectivity index (χ0n) is 9.10. The van der Waals surface area contributed by atoms with Gasteiger partial charge in [0.2, 0.25) is 0 Å². The Hall–Kier alpha value is 0.160. The molecule has 102 valence electrons. The minimum Gasteiger partial charge on any atom is -0.171 e. The normalized spacial score (nSPS) is 33.4. The Labute approximate surface area is 104 Å². The molecule has 0 saturated heterocycles. The smallest absolute Gasteiger partial charge is 0.171 e. The molecule has 0 radical (unpaired) electrons. The van der Waals surface area contributed by atoms with E-state index in [1.54, 1.807) is 0 Å². The molecule has 0 amide bonds. The van der Waals surface area contributed by atoms with Gasteiger partial charge in [0.05, 0.1) is 5.92 Å². The summed E-state index contributed by atoms with van der Waals surface area (Å²) in [6.45, 7) is 2.44. The summed E-state index contributed by atoms with van der Waals surface area (Å²) in [6, 6.07) is 0. The van der Waals surface area contributed by atoms with Gasteiger partial charge in [-0.3, -0.25) is 0 Å². The standard InChI is InChI=1S/C9H10Cl2F6/c1-4(7(12,13)14)6(9(15,16)17)5(2,3)8(6,10)11/h4H,1-3H3. The summed E-state index contributed by atoms with van der Waals surface area (Å²) in [5.41, 5.74) is -5.06. The van der Waals surface area contributed by atoms with E-state index in [0.717, 1.165) is 13.8 Å². The molecule has 0 spiro atoms. The van der Waals surface area contributed by atoms with Gasteiger partial charge in [-0.15, -0.1) is 0 Å². The van der Waals surface area contributed by atoms with E-state index in [1.165, 1.54) is 0 Å². The predicted octanol–water partition coefficient (Wildman–Crippen LogP) is 4.95. The van der Waals surface area contributed by atoms with E-state index in [9.17, 15) is 26.3 Å². The highest BCUT2D eigenvalue weighted by molar-refractivity contribution is 6.52. The average molecular weight is 303 g/mol. The highest BCUT2D eigenvalue weighted by Crippen LogP contribution is 2.86. The number of hydrogen-bond acceptors (Lipinski definition) is 0. The van der Waals surface area contributed by atoms with Crippen LogP contribution in [-0.2, 0) is 0 Å². The number of rotatable bonds is 1. The second kappa shape index (κ2) is 3.38. The number of halogens is 8. The van der Waals surface area contributed by atoms with Gasteiger partial charge in [0.1, 0.15) is 9.75 Å². The molecular weight excluding hydrogens is 293 g/mol. The van der Waals surface area contributed by atoms with Crippen molar-refractivity contribution < 1.29 is 26.3 Å². The van der Waals surface area contributed by atoms with Crippen LogP contribution in [-0.4, -0.2) is 16.7 Å². The van der Waals surface area contributed by atoms with Crippen molar-refractivity contribution in [1.29, 1.82) is 0 Å². The van der Waals surface area contributed by atoms with E-state index in [0.29, 0.717) is 6.92 Å². The largest absolute Gasteiger partial charge is 0.398 e. The maximum absolute atomic E-state index is 13.0. The van der Waals surface area contributed by atoms with Crippen molar-refractivity contribution in [2.45, 2.75) is 37.5 Å². The van der Waals surface area contributed by atoms with E-state index < -0.39 is 33.4 Å². The molecule has 1 aliphatic carbocycles. The minimum absolute atomic E-state index is 0.460. The van der Waals surface area contributed by atoms with Gasteiger partial charge in [0.25, 0.3) is 0 Å². The molecule has 0 aliphatic heterocycles. The topological polar surface area (TPSA) is 0 Å². The lowest BCUT2D eigenvalue weighted by Gasteiger charge is -2.31. The Morgan fingerprint density at radius 3 is 1.29 bits per heavy atom. The lowest BCUT2D eigenvalue weighted by molar-refractivity contribution is -0.270. The van der Waals surface area contributed by atoms with Crippen LogP contribution in [0, 0.1) is 16.7 Å². The summed E-state index contributed by atoms with van der Waals surface area (Å²) < 4.78 is 74.3. The molecule has 0 heterocycles. The zero-order valence-corrected chi connectivity index (χ0v) is 10.6. The van der Waals surface area contributed by atoms with Gasteiger partial charge in [-0.25, -0.2) is 0 Å². The Kier molecular flexibility index (Phi) is 3.02. The molecule has 1 fully saturated rings. The van der Waals surface area contributed by atoms with Crippen LogP contribution in [0.25, 0.3) is 0 Å². The summed E-state index contributed by atoms with van der Waals surface area (Å²) in [6.07, 6.45) is -10.1. The van der Waals surface area contributed by atoms with Crippen LogP contribution < -0.4 is 0 Å². The van der Waals surface area contributed by atoms with Gasteiger partial charge >= 0.3 is 12.4 Å². The SMILES string of the molecule is CC(C(F)(F)F)C1(C(F)(F)F)C(C)(C)C1(Cl)Cl. The van der Waals surface area contributed by atoms with Gasteiger partial charge in [0, 0.05) is 5.41 Å². The first-order valence-corrected chi connectivity index (χ1v) is 5.42. The molecule has 1 aliphatic rings. The molecular formula is C9H10Cl2F6. The molecule has 2 atom stereocenters. The Balaban J connectivity index is 3.39. The molecule has 8 heteroatoms. The summed E-state index contributed by atoms with van der Waals surface area (Å²) in [5.74, 6) is -2.67. The molecule has 1 rings (SSSR count). The Morgan fingerprint density at radius 2 is 1.24 bits per heavy atom. The van der Waals surface area contributed by atoms with Crippen LogP contribution >= 0.6 is 23.2 Å². The van der Waals surface area contributed by atoms with Gasteiger partial charge < -0.3 is 0 Å². The molecule has 0 nitrogen and oxygen atoms in total. The summed E-state index contributed by atoms with van der Waals surface area (Å²) >= 11 is 11.0. The van der Waals surface area contributed by atoms with E-state index in [4.69, 9.17) is 23.2 Å². The lowest BCUT2D eigenvalue weighted by atomic mass is 9.82. The monoisotopic (exact) mass is 302 g/mol. The van der Waals surface area contributed by atoms with Gasteiger partial charge in [0.15, 0.2) is 0 Å². The molecule has 0 bridgehead atoms. The molecule has 2 unspecified atom stereocenters. The lowest BCUT2D eigenvalue weighted by Crippen LogP contribution is -2.44. The minimum atomic E-state index is -5.13. The van der Waals surface area contributed by atoms with E-state index in [-0.39, 0.29) is 0 Å². The summed E-state index contributed by atoms with van der Waals surface area (Å²) in [5, 5.41) is 0. The summed E-state index contributed by atoms with van der Waals surface area (Å²) in [7, 11) is 0. The Bertz CT molecular complexity index is 313. The van der Waals surface area contributed by atoms with Crippen LogP contribution in [0.2, 0.25) is 0 Å². The van der Waals surface area contributed by atoms with Crippen LogP contribution in [0.15, 0.2) is 0 Å². The van der Waals surface area contributed by atoms with Crippen molar-refractivity contribution in [3.8, 4) is 0 Å². The van der Waals surface area contributed by atoms with Crippen molar-refractivity contribution in [3.05, 3.63) is 0 Å². The number of hydrogen-bond donors (Lipinski definition) is 0. The third kappa shape index (κ3) is 1.52. The fourth-order valence-corrected chi connectivity index (χ4v) is 3.85. The van der Waals surface area contributed by atoms with Crippen molar-refractivity contribution in [3.63, 3.8) is 0 Å². The highest BCUT2D eigenvalue weighted by Gasteiger charge is 2.95. The van der Waals surface area contributed by atoms with Crippen molar-refractivity contribution in [2.24, 2.45) is 16.7 Å². The molecule has 0 aromatic heterocycles. The first-order valence-electron chi connectivity index (χ1n) is 4.67. The first-order chi connectivity index (χ1) is 7.15. The molecule has 17 heavy (non-hydrogen) atoms. The van der Waals surface area contributed by atoms with Crippen LogP contribution in [0.5, 0.6) is 0 Å². The third-order valence-electron chi connectivity index (χ3n) is 3.79. The van der Waals surface area contributed by atoms with Crippen LogP contribution in [0.4, 0.5) is 26.3 Å².